The Balaban J connectivity index is 1.62. The number of aromatic amines is 1. The lowest BCUT2D eigenvalue weighted by molar-refractivity contribution is 0.284. The molecule has 0 amide bonds. The highest BCUT2D eigenvalue weighted by atomic mass is 32.1. The van der Waals surface area contributed by atoms with Crippen molar-refractivity contribution >= 4 is 18.4 Å². The van der Waals surface area contributed by atoms with E-state index >= 15 is 0 Å². The molecule has 0 bridgehead atoms. The first-order valence-electron chi connectivity index (χ1n) is 9.89. The summed E-state index contributed by atoms with van der Waals surface area (Å²) in [5.74, 6) is 2.51. The van der Waals surface area contributed by atoms with Crippen molar-refractivity contribution in [2.75, 3.05) is 14.2 Å². The molecule has 0 unspecified atom stereocenters. The Labute approximate surface area is 190 Å². The molecule has 0 fully saturated rings. The number of hydrogen-bond donors (Lipinski definition) is 1. The van der Waals surface area contributed by atoms with Gasteiger partial charge in [0.1, 0.15) is 12.4 Å². The SMILES string of the molecule is COc1ccc(C=Nn2c(-c3ccccc3OC)n[nH]c2=S)cc1OCc1ccccc1. The third-order valence-corrected chi connectivity index (χ3v) is 5.01. The monoisotopic (exact) mass is 446 g/mol. The third-order valence-electron chi connectivity index (χ3n) is 4.75. The molecule has 4 aromatic rings. The number of nitrogens with one attached hydrogen (secondary N) is 1. The van der Waals surface area contributed by atoms with E-state index in [2.05, 4.69) is 15.3 Å². The van der Waals surface area contributed by atoms with Crippen molar-refractivity contribution in [1.29, 1.82) is 0 Å². The van der Waals surface area contributed by atoms with Gasteiger partial charge in [0.15, 0.2) is 17.3 Å². The van der Waals surface area contributed by atoms with Gasteiger partial charge in [0, 0.05) is 0 Å². The lowest BCUT2D eigenvalue weighted by atomic mass is 10.2. The molecule has 162 valence electrons. The summed E-state index contributed by atoms with van der Waals surface area (Å²) in [5, 5.41) is 11.7. The van der Waals surface area contributed by atoms with Crippen LogP contribution in [0, 0.1) is 4.77 Å². The van der Waals surface area contributed by atoms with Gasteiger partial charge < -0.3 is 14.2 Å². The third kappa shape index (κ3) is 4.70. The van der Waals surface area contributed by atoms with Crippen molar-refractivity contribution in [3.63, 3.8) is 0 Å². The average Bonchev–Trinajstić information content (AvgIpc) is 3.22. The number of benzene rings is 3. The van der Waals surface area contributed by atoms with Crippen molar-refractivity contribution in [3.05, 3.63) is 88.7 Å². The van der Waals surface area contributed by atoms with E-state index in [0.29, 0.717) is 34.5 Å². The number of nitrogens with zero attached hydrogens (tertiary/aromatic N) is 3. The topological polar surface area (TPSA) is 73.7 Å². The van der Waals surface area contributed by atoms with E-state index in [4.69, 9.17) is 26.4 Å². The van der Waals surface area contributed by atoms with E-state index in [1.54, 1.807) is 25.1 Å². The highest BCUT2D eigenvalue weighted by molar-refractivity contribution is 7.71. The lowest BCUT2D eigenvalue weighted by Crippen LogP contribution is -1.99. The minimum absolute atomic E-state index is 0.371. The first kappa shape index (κ1) is 21.3. The second kappa shape index (κ2) is 9.93. The minimum atomic E-state index is 0.371. The van der Waals surface area contributed by atoms with Crippen LogP contribution >= 0.6 is 12.2 Å². The molecular weight excluding hydrogens is 424 g/mol. The maximum Gasteiger partial charge on any atom is 0.216 e. The van der Waals surface area contributed by atoms with Crippen LogP contribution in [0.2, 0.25) is 0 Å². The summed E-state index contributed by atoms with van der Waals surface area (Å²) in [6.07, 6.45) is 1.69. The van der Waals surface area contributed by atoms with Gasteiger partial charge in [-0.25, -0.2) is 5.10 Å². The molecule has 0 saturated carbocycles. The van der Waals surface area contributed by atoms with Gasteiger partial charge in [0.05, 0.1) is 26.0 Å². The van der Waals surface area contributed by atoms with Crippen molar-refractivity contribution < 1.29 is 14.2 Å². The molecule has 7 nitrogen and oxygen atoms in total. The van der Waals surface area contributed by atoms with E-state index in [1.165, 1.54) is 0 Å². The molecule has 1 N–H and O–H groups in total. The van der Waals surface area contributed by atoms with Crippen LogP contribution in [0.1, 0.15) is 11.1 Å². The van der Waals surface area contributed by atoms with Crippen LogP contribution in [0.15, 0.2) is 77.9 Å². The second-order valence-electron chi connectivity index (χ2n) is 6.79. The van der Waals surface area contributed by atoms with Crippen LogP contribution in [-0.4, -0.2) is 35.3 Å². The van der Waals surface area contributed by atoms with Crippen LogP contribution in [0.25, 0.3) is 11.4 Å². The quantitative estimate of drug-likeness (QED) is 0.302. The van der Waals surface area contributed by atoms with Gasteiger partial charge in [0.2, 0.25) is 4.77 Å². The Morgan fingerprint density at radius 1 is 0.938 bits per heavy atom. The van der Waals surface area contributed by atoms with E-state index in [1.807, 2.05) is 72.8 Å². The largest absolute Gasteiger partial charge is 0.496 e. The van der Waals surface area contributed by atoms with Crippen molar-refractivity contribution in [1.82, 2.24) is 14.9 Å². The Bertz CT molecular complexity index is 1280. The summed E-state index contributed by atoms with van der Waals surface area (Å²) < 4.78 is 18.8. The minimum Gasteiger partial charge on any atom is -0.496 e. The molecule has 32 heavy (non-hydrogen) atoms. The fraction of sp³-hybridized carbons (Fsp3) is 0.125. The molecule has 0 radical (unpaired) electrons. The number of rotatable bonds is 8. The predicted molar refractivity (Wildman–Crippen MR) is 126 cm³/mol. The molecule has 0 spiro atoms. The molecule has 0 aliphatic heterocycles. The summed E-state index contributed by atoms with van der Waals surface area (Å²) in [4.78, 5) is 0. The lowest BCUT2D eigenvalue weighted by Gasteiger charge is -2.11. The predicted octanol–water partition coefficient (Wildman–Crippen LogP) is 5.09. The smallest absolute Gasteiger partial charge is 0.216 e. The fourth-order valence-electron chi connectivity index (χ4n) is 3.15. The van der Waals surface area contributed by atoms with Crippen LogP contribution in [0.3, 0.4) is 0 Å². The van der Waals surface area contributed by atoms with E-state index in [0.717, 1.165) is 16.7 Å². The molecule has 8 heteroatoms. The Morgan fingerprint density at radius 3 is 2.47 bits per heavy atom. The van der Waals surface area contributed by atoms with Gasteiger partial charge >= 0.3 is 0 Å². The fourth-order valence-corrected chi connectivity index (χ4v) is 3.33. The van der Waals surface area contributed by atoms with Crippen LogP contribution in [0.5, 0.6) is 17.2 Å². The Morgan fingerprint density at radius 2 is 1.69 bits per heavy atom. The number of methoxy groups -OCH3 is 2. The number of ether oxygens (including phenoxy) is 3. The van der Waals surface area contributed by atoms with Gasteiger partial charge in [-0.1, -0.05) is 42.5 Å². The van der Waals surface area contributed by atoms with Gasteiger partial charge in [-0.2, -0.15) is 14.9 Å². The first-order valence-corrected chi connectivity index (χ1v) is 10.3. The molecule has 0 aliphatic carbocycles. The van der Waals surface area contributed by atoms with Crippen LogP contribution in [-0.2, 0) is 6.61 Å². The van der Waals surface area contributed by atoms with Crippen molar-refractivity contribution in [2.45, 2.75) is 6.61 Å². The zero-order valence-corrected chi connectivity index (χ0v) is 18.5. The maximum atomic E-state index is 5.99. The molecular formula is C24H22N4O3S. The maximum absolute atomic E-state index is 5.99. The van der Waals surface area contributed by atoms with E-state index in [-0.39, 0.29) is 0 Å². The zero-order chi connectivity index (χ0) is 22.3. The molecule has 1 heterocycles. The Kier molecular flexibility index (Phi) is 6.62. The molecule has 1 aromatic heterocycles. The number of hydrogen-bond acceptors (Lipinski definition) is 6. The Hall–Kier alpha value is -3.91. The summed E-state index contributed by atoms with van der Waals surface area (Å²) in [5.41, 5.74) is 2.67. The molecule has 0 atom stereocenters. The number of aromatic nitrogens is 3. The zero-order valence-electron chi connectivity index (χ0n) is 17.7. The second-order valence-corrected chi connectivity index (χ2v) is 7.18. The van der Waals surface area contributed by atoms with Gasteiger partial charge in [-0.05, 0) is 53.7 Å². The first-order chi connectivity index (χ1) is 15.7. The molecule has 0 aliphatic rings. The highest BCUT2D eigenvalue weighted by Crippen LogP contribution is 2.29. The summed E-state index contributed by atoms with van der Waals surface area (Å²) in [6.45, 7) is 0.433. The summed E-state index contributed by atoms with van der Waals surface area (Å²) in [7, 11) is 3.23. The van der Waals surface area contributed by atoms with Crippen molar-refractivity contribution in [3.8, 4) is 28.6 Å². The molecule has 4 rings (SSSR count). The molecule has 3 aromatic carbocycles. The van der Waals surface area contributed by atoms with Gasteiger partial charge in [-0.15, -0.1) is 0 Å². The van der Waals surface area contributed by atoms with E-state index in [9.17, 15) is 0 Å². The molecule has 0 saturated heterocycles. The van der Waals surface area contributed by atoms with Crippen LogP contribution in [0.4, 0.5) is 0 Å². The van der Waals surface area contributed by atoms with E-state index < -0.39 is 0 Å². The van der Waals surface area contributed by atoms with Crippen LogP contribution < -0.4 is 14.2 Å². The number of para-hydroxylation sites is 1. The standard InChI is InChI=1S/C24H22N4O3S/c1-29-20-11-7-6-10-19(20)23-26-27-24(32)28(23)25-15-18-12-13-21(30-2)22(14-18)31-16-17-8-4-3-5-9-17/h3-15H,16H2,1-2H3,(H,27,32). The normalized spacial score (nSPS) is 10.9. The average molecular weight is 447 g/mol. The summed E-state index contributed by atoms with van der Waals surface area (Å²) in [6, 6.07) is 23.1. The van der Waals surface area contributed by atoms with Crippen molar-refractivity contribution in [2.24, 2.45) is 5.10 Å². The highest BCUT2D eigenvalue weighted by Gasteiger charge is 2.13. The van der Waals surface area contributed by atoms with Gasteiger partial charge in [0.25, 0.3) is 0 Å². The summed E-state index contributed by atoms with van der Waals surface area (Å²) >= 11 is 5.37. The number of H-pyrrole nitrogens is 1. The van der Waals surface area contributed by atoms with Gasteiger partial charge in [-0.3, -0.25) is 0 Å².